The molecular weight excluding hydrogens is 1540 g/mol. The van der Waals surface area contributed by atoms with Crippen LogP contribution in [0.1, 0.15) is 104 Å². The number of esters is 14. The minimum atomic E-state index is -2.20. The van der Waals surface area contributed by atoms with Crippen molar-refractivity contribution >= 4 is 95.4 Å². The van der Waals surface area contributed by atoms with Gasteiger partial charge in [0.05, 0.1) is 52.0 Å². The van der Waals surface area contributed by atoms with E-state index in [1.54, 1.807) is 131 Å². The van der Waals surface area contributed by atoms with Crippen molar-refractivity contribution < 1.29 is 148 Å². The van der Waals surface area contributed by atoms with Gasteiger partial charge in [-0.15, -0.1) is 0 Å². The first-order chi connectivity index (χ1) is 55.7. The van der Waals surface area contributed by atoms with Gasteiger partial charge in [-0.05, 0) is 35.1 Å². The Morgan fingerprint density at radius 2 is 0.735 bits per heavy atom. The summed E-state index contributed by atoms with van der Waals surface area (Å²) in [6.45, 7) is 3.05. The number of hydrogen-bond acceptors (Lipinski definition) is 35. The van der Waals surface area contributed by atoms with Gasteiger partial charge < -0.3 is 76.5 Å². The second kappa shape index (κ2) is 51.2. The fraction of sp³-hybridized carbons (Fsp3) is 0.500. The maximum absolute atomic E-state index is 14.4. The predicted octanol–water partition coefficient (Wildman–Crippen LogP) is 4.33. The molecule has 638 valence electrons. The Kier molecular flexibility index (Phi) is 41.9. The van der Waals surface area contributed by atoms with E-state index in [-0.39, 0.29) is 72.1 Å². The Labute approximate surface area is 675 Å². The van der Waals surface area contributed by atoms with E-state index in [2.05, 4.69) is 9.98 Å². The van der Waals surface area contributed by atoms with E-state index in [0.717, 1.165) is 69.2 Å². The summed E-state index contributed by atoms with van der Waals surface area (Å²) in [7, 11) is 0. The molecule has 0 bridgehead atoms. The maximum Gasteiger partial charge on any atom is 0.320 e. The van der Waals surface area contributed by atoms with Crippen LogP contribution in [0.4, 0.5) is 0 Å². The Morgan fingerprint density at radius 3 is 1.08 bits per heavy atom. The van der Waals surface area contributed by atoms with Crippen molar-refractivity contribution in [3.8, 4) is 0 Å². The summed E-state index contributed by atoms with van der Waals surface area (Å²) in [4.78, 5) is 204. The van der Waals surface area contributed by atoms with Crippen LogP contribution < -0.4 is 0 Å². The number of nitrogens with zero attached hydrogens (tertiary/aromatic N) is 6. The normalized spacial score (nSPS) is 15.9. The molecule has 4 aromatic carbocycles. The summed E-state index contributed by atoms with van der Waals surface area (Å²) in [5.74, 6) is -16.5. The molecule has 2 N–H and O–H groups in total. The Hall–Kier alpha value is -11.8. The third kappa shape index (κ3) is 37.6. The van der Waals surface area contributed by atoms with Gasteiger partial charge in [0.15, 0.2) is 36.6 Å². The first-order valence-corrected chi connectivity index (χ1v) is 37.2. The van der Waals surface area contributed by atoms with Crippen molar-refractivity contribution in [2.45, 2.75) is 164 Å². The summed E-state index contributed by atoms with van der Waals surface area (Å²) in [6.07, 6.45) is -17.3. The molecule has 5 rings (SSSR count). The van der Waals surface area contributed by atoms with Crippen molar-refractivity contribution in [2.75, 3.05) is 91.8 Å². The zero-order chi connectivity index (χ0) is 85.9. The van der Waals surface area contributed by atoms with Crippen LogP contribution in [0.5, 0.6) is 0 Å². The third-order valence-corrected chi connectivity index (χ3v) is 16.7. The zero-order valence-corrected chi connectivity index (χ0v) is 66.9. The summed E-state index contributed by atoms with van der Waals surface area (Å²) in [5, 5.41) is 25.1. The second-order valence-corrected chi connectivity index (χ2v) is 26.5. The maximum atomic E-state index is 14.4. The lowest BCUT2D eigenvalue weighted by Gasteiger charge is -2.41. The van der Waals surface area contributed by atoms with Crippen LogP contribution in [0.15, 0.2) is 131 Å². The number of hydrogen-bond donors (Lipinski definition) is 2. The molecule has 4 aromatic rings. The lowest BCUT2D eigenvalue weighted by Crippen LogP contribution is -2.57. The molecule has 0 aromatic heterocycles. The molecule has 0 radical (unpaired) electrons. The smallest absolute Gasteiger partial charge is 0.320 e. The van der Waals surface area contributed by atoms with E-state index in [1.165, 1.54) is 9.96 Å². The van der Waals surface area contributed by atoms with Crippen molar-refractivity contribution in [2.24, 2.45) is 15.9 Å². The van der Waals surface area contributed by atoms with Gasteiger partial charge in [-0.3, -0.25) is 96.6 Å². The number of carbonyl (C=O) groups excluding carboxylic acids is 14. The van der Waals surface area contributed by atoms with Gasteiger partial charge in [0, 0.05) is 108 Å². The molecule has 0 amide bonds. The van der Waals surface area contributed by atoms with Gasteiger partial charge in [0.25, 0.3) is 0 Å². The number of aliphatic hydroxyl groups excluding tert-OH is 2. The van der Waals surface area contributed by atoms with Crippen LogP contribution in [0.2, 0.25) is 0 Å². The van der Waals surface area contributed by atoms with E-state index < -0.39 is 215 Å². The van der Waals surface area contributed by atoms with Crippen LogP contribution in [0, 0.1) is 5.92 Å². The van der Waals surface area contributed by atoms with E-state index in [0.29, 0.717) is 22.3 Å². The van der Waals surface area contributed by atoms with Crippen molar-refractivity contribution in [3.05, 3.63) is 144 Å². The highest BCUT2D eigenvalue weighted by Crippen LogP contribution is 2.28. The van der Waals surface area contributed by atoms with Crippen LogP contribution in [0.3, 0.4) is 0 Å². The highest BCUT2D eigenvalue weighted by Gasteiger charge is 2.49. The van der Waals surface area contributed by atoms with E-state index in [1.807, 2.05) is 0 Å². The molecule has 1 saturated heterocycles. The molecule has 10 atom stereocenters. The fourth-order valence-electron chi connectivity index (χ4n) is 12.1. The fourth-order valence-corrected chi connectivity index (χ4v) is 12.1. The number of aliphatic imine (C=N–C) groups is 2. The summed E-state index contributed by atoms with van der Waals surface area (Å²) >= 11 is 0. The third-order valence-electron chi connectivity index (χ3n) is 16.7. The van der Waals surface area contributed by atoms with Crippen molar-refractivity contribution in [1.29, 1.82) is 0 Å². The molecule has 10 unspecified atom stereocenters. The molecule has 117 heavy (non-hydrogen) atoms. The molecule has 0 aliphatic carbocycles. The summed E-state index contributed by atoms with van der Waals surface area (Å²) in [5.41, 5.74) is 2.67. The lowest BCUT2D eigenvalue weighted by molar-refractivity contribution is -0.198. The number of benzene rings is 4. The largest absolute Gasteiger partial charge is 0.494 e. The molecule has 1 aliphatic rings. The SMILES string of the molecule is CC(=O)OCC(OC(C)=O)C(OC(C)=O)C(OC(C)=O)C(OC(C)=O)C(O)=NCCN(CCN=C(O)C(OC(C)=O)C(OC(C)=O)C(OC(C)=O)C(COC(C)=O)OC(C)=O)OCCCC1CN(CC(=O)OCc2ccccc2)CCN(CC(=O)OCc2ccccc2)C1N(CC(=O)OCc1ccccc1)CC(=O)OCc1ccccc1. The van der Waals surface area contributed by atoms with Gasteiger partial charge in [-0.25, -0.2) is 0 Å². The average Bonchev–Trinajstić information content (AvgIpc) is 1.66. The molecule has 1 fully saturated rings. The number of aliphatic hydroxyl groups is 2. The molecule has 1 aliphatic heterocycles. The number of rotatable bonds is 48. The number of ether oxygens (including phenoxy) is 14. The van der Waals surface area contributed by atoms with Gasteiger partial charge in [-0.1, -0.05) is 121 Å². The molecular formula is C80H102N6O31. The van der Waals surface area contributed by atoms with Crippen LogP contribution in [0.25, 0.3) is 0 Å². The van der Waals surface area contributed by atoms with Crippen LogP contribution in [-0.2, 0) is 165 Å². The summed E-state index contributed by atoms with van der Waals surface area (Å²) in [6, 6.07) is 35.4. The highest BCUT2D eigenvalue weighted by molar-refractivity contribution is 5.84. The molecule has 0 spiro atoms. The summed E-state index contributed by atoms with van der Waals surface area (Å²) < 4.78 is 77.1. The Balaban J connectivity index is 1.67. The number of carbonyl (C=O) groups is 14. The van der Waals surface area contributed by atoms with Crippen LogP contribution >= 0.6 is 0 Å². The topological polar surface area (TPSA) is 456 Å². The van der Waals surface area contributed by atoms with E-state index in [9.17, 15) is 77.3 Å². The standard InChI is InChI=1S/C80H102N6O31/c1-51(87)103-49-66(110-53(3)89)72(112-55(5)91)74(114-57(7)93)76(116-59(9)95)78(101)81-33-35-86(36-34-82-79(102)77(117-60(10)96)75(115-58(8)94)73(113-56(6)92)67(111-54(4)90)50-104-52(2)88)109-39-23-32-65-40-83(41-68(97)105-45-61-24-15-11-16-25-61)37-38-84(42-69(98)106-46-62-26-17-12-18-27-62)80(65)85(43-70(99)107-47-63-28-19-13-20-29-63)44-71(100)108-48-64-30-21-14-22-31-64/h11-22,24-31,65-67,72-77,80H,23,32-50H2,1-10H3,(H,81,101)(H,82,102). The van der Waals surface area contributed by atoms with E-state index in [4.69, 9.17) is 71.2 Å². The minimum Gasteiger partial charge on any atom is -0.494 e. The quantitative estimate of drug-likeness (QED) is 0.0155. The first kappa shape index (κ1) is 95.8. The monoisotopic (exact) mass is 1640 g/mol. The Bertz CT molecular complexity index is 3790. The van der Waals surface area contributed by atoms with Crippen molar-refractivity contribution in [3.63, 3.8) is 0 Å². The first-order valence-electron chi connectivity index (χ1n) is 37.2. The van der Waals surface area contributed by atoms with Gasteiger partial charge >= 0.3 is 83.6 Å². The molecule has 37 nitrogen and oxygen atoms in total. The second-order valence-electron chi connectivity index (χ2n) is 26.5. The molecule has 37 heteroatoms. The Morgan fingerprint density at radius 1 is 0.402 bits per heavy atom. The minimum absolute atomic E-state index is 0.0178. The molecule has 1 heterocycles. The number of hydroxylamine groups is 2. The molecule has 0 saturated carbocycles. The van der Waals surface area contributed by atoms with Gasteiger partial charge in [0.2, 0.25) is 24.0 Å². The lowest BCUT2D eigenvalue weighted by atomic mass is 9.97. The predicted molar refractivity (Wildman–Crippen MR) is 406 cm³/mol. The average molecular weight is 1640 g/mol. The van der Waals surface area contributed by atoms with E-state index >= 15 is 0 Å². The van der Waals surface area contributed by atoms with Crippen molar-refractivity contribution in [1.82, 2.24) is 19.8 Å². The highest BCUT2D eigenvalue weighted by atomic mass is 16.7. The van der Waals surface area contributed by atoms with Gasteiger partial charge in [-0.2, -0.15) is 5.06 Å². The van der Waals surface area contributed by atoms with Gasteiger partial charge in [0.1, 0.15) is 39.6 Å². The zero-order valence-electron chi connectivity index (χ0n) is 66.9. The van der Waals surface area contributed by atoms with Crippen LogP contribution in [-0.4, -0.2) is 272 Å².